The highest BCUT2D eigenvalue weighted by Gasteiger charge is 2.16. The zero-order chi connectivity index (χ0) is 9.72. The maximum atomic E-state index is 10.9. The molecule has 0 radical (unpaired) electrons. The summed E-state index contributed by atoms with van der Waals surface area (Å²) in [6, 6.07) is -1.03. The summed E-state index contributed by atoms with van der Waals surface area (Å²) < 4.78 is 0. The van der Waals surface area contributed by atoms with E-state index in [4.69, 9.17) is 16.6 Å². The molecule has 0 heterocycles. The second kappa shape index (κ2) is 4.68. The minimum absolute atomic E-state index is 0.390. The molecule has 0 aromatic heterocycles. The van der Waals surface area contributed by atoms with E-state index in [2.05, 4.69) is 5.32 Å². The molecule has 6 nitrogen and oxygen atoms in total. The van der Waals surface area contributed by atoms with Gasteiger partial charge in [0.05, 0.1) is 18.6 Å². The lowest BCUT2D eigenvalue weighted by atomic mass is 10.2. The molecule has 0 aliphatic rings. The Labute approximate surface area is 69.9 Å². The largest absolute Gasteiger partial charge is 0.481 e. The van der Waals surface area contributed by atoms with E-state index < -0.39 is 30.5 Å². The van der Waals surface area contributed by atoms with Crippen molar-refractivity contribution in [3.8, 4) is 0 Å². The van der Waals surface area contributed by atoms with Crippen molar-refractivity contribution in [3.05, 3.63) is 0 Å². The SMILES string of the molecule is C[C@@H](N)NC(=O)[C@@H](N)CC(=O)O. The van der Waals surface area contributed by atoms with Gasteiger partial charge in [-0.25, -0.2) is 0 Å². The number of carboxylic acids is 1. The molecule has 0 aromatic carbocycles. The van der Waals surface area contributed by atoms with Crippen LogP contribution in [0.4, 0.5) is 0 Å². The lowest BCUT2D eigenvalue weighted by Gasteiger charge is -2.12. The van der Waals surface area contributed by atoms with Gasteiger partial charge in [-0.2, -0.15) is 0 Å². The summed E-state index contributed by atoms with van der Waals surface area (Å²) in [6.07, 6.45) is -0.907. The summed E-state index contributed by atoms with van der Waals surface area (Å²) >= 11 is 0. The summed E-state index contributed by atoms with van der Waals surface area (Å²) in [4.78, 5) is 21.0. The summed E-state index contributed by atoms with van der Waals surface area (Å²) in [5.74, 6) is -1.66. The van der Waals surface area contributed by atoms with E-state index in [-0.39, 0.29) is 0 Å². The number of amides is 1. The summed E-state index contributed by atoms with van der Waals surface area (Å²) in [7, 11) is 0. The van der Waals surface area contributed by atoms with E-state index >= 15 is 0 Å². The van der Waals surface area contributed by atoms with Crippen molar-refractivity contribution in [3.63, 3.8) is 0 Å². The van der Waals surface area contributed by atoms with Gasteiger partial charge < -0.3 is 21.9 Å². The second-order valence-corrected chi connectivity index (χ2v) is 2.50. The average molecular weight is 175 g/mol. The van der Waals surface area contributed by atoms with E-state index in [1.165, 1.54) is 0 Å². The molecule has 0 unspecified atom stereocenters. The van der Waals surface area contributed by atoms with Crippen LogP contribution in [0.2, 0.25) is 0 Å². The van der Waals surface area contributed by atoms with Gasteiger partial charge in [0.25, 0.3) is 0 Å². The van der Waals surface area contributed by atoms with E-state index in [1.807, 2.05) is 0 Å². The number of aliphatic carboxylic acids is 1. The zero-order valence-electron chi connectivity index (χ0n) is 6.78. The molecule has 0 spiro atoms. The average Bonchev–Trinajstić information content (AvgIpc) is 1.84. The van der Waals surface area contributed by atoms with Crippen LogP contribution in [-0.4, -0.2) is 29.2 Å². The standard InChI is InChI=1S/C6H13N3O3/c1-3(7)9-6(12)4(8)2-5(10)11/h3-4H,2,7-8H2,1H3,(H,9,12)(H,10,11)/t3-,4-/m0/s1. The minimum Gasteiger partial charge on any atom is -0.481 e. The van der Waals surface area contributed by atoms with Gasteiger partial charge in [-0.05, 0) is 6.92 Å². The van der Waals surface area contributed by atoms with Crippen molar-refractivity contribution in [1.82, 2.24) is 5.32 Å². The second-order valence-electron chi connectivity index (χ2n) is 2.50. The number of nitrogens with two attached hydrogens (primary N) is 2. The molecule has 70 valence electrons. The number of hydrogen-bond donors (Lipinski definition) is 4. The van der Waals surface area contributed by atoms with Crippen LogP contribution in [0.5, 0.6) is 0 Å². The number of carboxylic acid groups (broad SMARTS) is 1. The fourth-order valence-corrected chi connectivity index (χ4v) is 0.612. The molecule has 6 heteroatoms. The molecule has 2 atom stereocenters. The molecule has 0 bridgehead atoms. The van der Waals surface area contributed by atoms with Crippen molar-refractivity contribution >= 4 is 11.9 Å². The molecule has 12 heavy (non-hydrogen) atoms. The first-order valence-electron chi connectivity index (χ1n) is 3.47. The normalized spacial score (nSPS) is 14.9. The molecule has 0 aliphatic carbocycles. The van der Waals surface area contributed by atoms with Gasteiger partial charge in [0, 0.05) is 0 Å². The number of carbonyl (C=O) groups is 2. The van der Waals surface area contributed by atoms with Gasteiger partial charge in [-0.15, -0.1) is 0 Å². The predicted molar refractivity (Wildman–Crippen MR) is 42.0 cm³/mol. The van der Waals surface area contributed by atoms with Gasteiger partial charge in [-0.3, -0.25) is 9.59 Å². The van der Waals surface area contributed by atoms with Gasteiger partial charge in [0.15, 0.2) is 0 Å². The van der Waals surface area contributed by atoms with Crippen molar-refractivity contribution in [2.75, 3.05) is 0 Å². The van der Waals surface area contributed by atoms with Crippen LogP contribution >= 0.6 is 0 Å². The zero-order valence-corrected chi connectivity index (χ0v) is 6.78. The minimum atomic E-state index is -1.11. The first kappa shape index (κ1) is 10.9. The number of carbonyl (C=O) groups excluding carboxylic acids is 1. The molecule has 0 rings (SSSR count). The van der Waals surface area contributed by atoms with Crippen LogP contribution in [0, 0.1) is 0 Å². The Morgan fingerprint density at radius 3 is 2.33 bits per heavy atom. The molecule has 0 saturated heterocycles. The topological polar surface area (TPSA) is 118 Å². The number of hydrogen-bond acceptors (Lipinski definition) is 4. The van der Waals surface area contributed by atoms with Crippen molar-refractivity contribution in [2.45, 2.75) is 25.6 Å². The molecule has 1 amide bonds. The van der Waals surface area contributed by atoms with Crippen LogP contribution in [0.25, 0.3) is 0 Å². The molecular formula is C6H13N3O3. The highest BCUT2D eigenvalue weighted by atomic mass is 16.4. The summed E-state index contributed by atoms with van der Waals surface area (Å²) in [6.45, 7) is 1.56. The summed E-state index contributed by atoms with van der Waals surface area (Å²) in [5, 5.41) is 10.6. The molecular weight excluding hydrogens is 162 g/mol. The third-order valence-corrected chi connectivity index (χ3v) is 1.10. The third kappa shape index (κ3) is 4.64. The van der Waals surface area contributed by atoms with Crippen LogP contribution in [0.3, 0.4) is 0 Å². The van der Waals surface area contributed by atoms with Crippen LogP contribution in [0.15, 0.2) is 0 Å². The van der Waals surface area contributed by atoms with Crippen molar-refractivity contribution in [2.24, 2.45) is 11.5 Å². The Bertz CT molecular complexity index is 181. The molecule has 0 fully saturated rings. The fourth-order valence-electron chi connectivity index (χ4n) is 0.612. The summed E-state index contributed by atoms with van der Waals surface area (Å²) in [5.41, 5.74) is 10.4. The van der Waals surface area contributed by atoms with Gasteiger partial charge in [0.2, 0.25) is 5.91 Å². The first-order valence-corrected chi connectivity index (χ1v) is 3.47. The van der Waals surface area contributed by atoms with Gasteiger partial charge in [-0.1, -0.05) is 0 Å². The molecule has 0 aliphatic heterocycles. The Hall–Kier alpha value is -1.14. The lowest BCUT2D eigenvalue weighted by molar-refractivity contribution is -0.139. The van der Waals surface area contributed by atoms with Crippen molar-refractivity contribution in [1.29, 1.82) is 0 Å². The Balaban J connectivity index is 3.85. The monoisotopic (exact) mass is 175 g/mol. The fraction of sp³-hybridized carbons (Fsp3) is 0.667. The number of nitrogens with one attached hydrogen (secondary N) is 1. The van der Waals surface area contributed by atoms with Crippen LogP contribution < -0.4 is 16.8 Å². The van der Waals surface area contributed by atoms with E-state index in [0.717, 1.165) is 0 Å². The molecule has 0 aromatic rings. The smallest absolute Gasteiger partial charge is 0.305 e. The highest BCUT2D eigenvalue weighted by molar-refractivity contribution is 5.85. The quantitative estimate of drug-likeness (QED) is 0.376. The van der Waals surface area contributed by atoms with E-state index in [1.54, 1.807) is 6.92 Å². The Kier molecular flexibility index (Phi) is 4.24. The molecule has 6 N–H and O–H groups in total. The highest BCUT2D eigenvalue weighted by Crippen LogP contribution is 1.88. The third-order valence-electron chi connectivity index (χ3n) is 1.10. The maximum Gasteiger partial charge on any atom is 0.305 e. The van der Waals surface area contributed by atoms with Crippen LogP contribution in [-0.2, 0) is 9.59 Å². The van der Waals surface area contributed by atoms with E-state index in [0.29, 0.717) is 0 Å². The van der Waals surface area contributed by atoms with E-state index in [9.17, 15) is 9.59 Å². The van der Waals surface area contributed by atoms with Crippen molar-refractivity contribution < 1.29 is 14.7 Å². The molecule has 0 saturated carbocycles. The number of rotatable bonds is 4. The van der Waals surface area contributed by atoms with Gasteiger partial charge >= 0.3 is 5.97 Å². The first-order chi connectivity index (χ1) is 5.43. The maximum absolute atomic E-state index is 10.9. The Morgan fingerprint density at radius 2 is 2.00 bits per heavy atom. The lowest BCUT2D eigenvalue weighted by Crippen LogP contribution is -2.48. The predicted octanol–water partition coefficient (Wildman–Crippen LogP) is -1.79. The van der Waals surface area contributed by atoms with Crippen LogP contribution in [0.1, 0.15) is 13.3 Å². The Morgan fingerprint density at radius 1 is 1.50 bits per heavy atom. The van der Waals surface area contributed by atoms with Gasteiger partial charge in [0.1, 0.15) is 0 Å².